The van der Waals surface area contributed by atoms with Crippen LogP contribution >= 0.6 is 35.0 Å². The van der Waals surface area contributed by atoms with Gasteiger partial charge in [0.25, 0.3) is 0 Å². The Bertz CT molecular complexity index is 1250. The highest BCUT2D eigenvalue weighted by molar-refractivity contribution is 7.99. The number of para-hydroxylation sites is 1. The second kappa shape index (κ2) is 10.4. The number of halogens is 2. The van der Waals surface area contributed by atoms with Gasteiger partial charge in [0.2, 0.25) is 5.91 Å². The number of benzene rings is 3. The molecule has 0 fully saturated rings. The van der Waals surface area contributed by atoms with Crippen LogP contribution < -0.4 is 5.32 Å². The van der Waals surface area contributed by atoms with Crippen molar-refractivity contribution >= 4 is 46.6 Å². The maximum absolute atomic E-state index is 12.7. The first-order chi connectivity index (χ1) is 15.9. The Morgan fingerprint density at radius 1 is 0.939 bits per heavy atom. The van der Waals surface area contributed by atoms with E-state index in [1.54, 1.807) is 0 Å². The van der Waals surface area contributed by atoms with Crippen LogP contribution in [0.4, 0.5) is 5.69 Å². The molecule has 0 radical (unpaired) electrons. The van der Waals surface area contributed by atoms with Crippen molar-refractivity contribution in [3.63, 3.8) is 0 Å². The molecule has 0 atom stereocenters. The van der Waals surface area contributed by atoms with E-state index in [9.17, 15) is 4.79 Å². The molecule has 0 spiro atoms. The summed E-state index contributed by atoms with van der Waals surface area (Å²) in [6.07, 6.45) is 0. The third-order valence-corrected chi connectivity index (χ3v) is 6.44. The number of amides is 1. The summed E-state index contributed by atoms with van der Waals surface area (Å²) in [5, 5.41) is 13.7. The van der Waals surface area contributed by atoms with Crippen molar-refractivity contribution in [3.8, 4) is 17.1 Å². The van der Waals surface area contributed by atoms with Crippen LogP contribution in [-0.2, 0) is 4.79 Å². The monoisotopic (exact) mass is 496 g/mol. The normalized spacial score (nSPS) is 11.1. The predicted molar refractivity (Wildman–Crippen MR) is 137 cm³/mol. The first-order valence-electron chi connectivity index (χ1n) is 10.4. The van der Waals surface area contributed by atoms with Gasteiger partial charge in [0, 0.05) is 27.0 Å². The van der Waals surface area contributed by atoms with Crippen LogP contribution in [0.1, 0.15) is 25.3 Å². The fraction of sp³-hybridized carbons (Fsp3) is 0.160. The molecule has 3 aromatic carbocycles. The van der Waals surface area contributed by atoms with Crippen molar-refractivity contribution in [2.75, 3.05) is 11.1 Å². The van der Waals surface area contributed by atoms with E-state index in [-0.39, 0.29) is 11.7 Å². The number of aromatic nitrogens is 3. The third-order valence-electron chi connectivity index (χ3n) is 5.01. The van der Waals surface area contributed by atoms with Gasteiger partial charge in [0.15, 0.2) is 11.0 Å². The first kappa shape index (κ1) is 23.4. The fourth-order valence-electron chi connectivity index (χ4n) is 3.40. The zero-order chi connectivity index (χ0) is 23.4. The van der Waals surface area contributed by atoms with Gasteiger partial charge in [-0.3, -0.25) is 9.36 Å². The second-order valence-electron chi connectivity index (χ2n) is 7.70. The Hall–Kier alpha value is -2.80. The fourth-order valence-corrected chi connectivity index (χ4v) is 4.41. The van der Waals surface area contributed by atoms with Gasteiger partial charge >= 0.3 is 0 Å². The Morgan fingerprint density at radius 3 is 2.24 bits per heavy atom. The van der Waals surface area contributed by atoms with E-state index in [4.69, 9.17) is 23.2 Å². The number of nitrogens with one attached hydrogen (secondary N) is 1. The van der Waals surface area contributed by atoms with E-state index in [2.05, 4.69) is 29.4 Å². The van der Waals surface area contributed by atoms with E-state index in [1.165, 1.54) is 11.8 Å². The van der Waals surface area contributed by atoms with Gasteiger partial charge in [-0.1, -0.05) is 67.0 Å². The highest BCUT2D eigenvalue weighted by Crippen LogP contribution is 2.30. The zero-order valence-corrected chi connectivity index (χ0v) is 20.5. The highest BCUT2D eigenvalue weighted by atomic mass is 35.5. The predicted octanol–water partition coefficient (Wildman–Crippen LogP) is 7.10. The summed E-state index contributed by atoms with van der Waals surface area (Å²) in [5.74, 6) is 1.05. The molecule has 1 heterocycles. The van der Waals surface area contributed by atoms with Crippen LogP contribution in [0.15, 0.2) is 78.0 Å². The van der Waals surface area contributed by atoms with Crippen LogP contribution in [0.25, 0.3) is 17.1 Å². The Kier molecular flexibility index (Phi) is 7.38. The van der Waals surface area contributed by atoms with Crippen LogP contribution in [0, 0.1) is 0 Å². The Morgan fingerprint density at radius 2 is 1.58 bits per heavy atom. The highest BCUT2D eigenvalue weighted by Gasteiger charge is 2.18. The molecule has 1 N–H and O–H groups in total. The quantitative estimate of drug-likeness (QED) is 0.277. The van der Waals surface area contributed by atoms with Crippen molar-refractivity contribution in [1.82, 2.24) is 14.8 Å². The summed E-state index contributed by atoms with van der Waals surface area (Å²) in [6.45, 7) is 4.21. The number of hydrogen-bond acceptors (Lipinski definition) is 4. The number of hydrogen-bond donors (Lipinski definition) is 1. The third kappa shape index (κ3) is 5.58. The minimum absolute atomic E-state index is 0.105. The van der Waals surface area contributed by atoms with Crippen molar-refractivity contribution in [1.29, 1.82) is 0 Å². The molecule has 0 aliphatic carbocycles. The van der Waals surface area contributed by atoms with Gasteiger partial charge in [-0.15, -0.1) is 10.2 Å². The van der Waals surface area contributed by atoms with Crippen LogP contribution in [-0.4, -0.2) is 26.4 Å². The standard InChI is InChI=1S/C25H22Cl2N4OS/c1-16(2)21-5-3-4-6-22(21)28-23(32)15-33-25-30-29-24(17-7-9-18(26)10-8-17)31(25)20-13-11-19(27)12-14-20/h3-14,16H,15H2,1-2H3,(H,28,32). The van der Waals surface area contributed by atoms with Gasteiger partial charge in [-0.05, 0) is 66.1 Å². The summed E-state index contributed by atoms with van der Waals surface area (Å²) < 4.78 is 1.92. The number of carbonyl (C=O) groups excluding carboxylic acids is 1. The van der Waals surface area contributed by atoms with Gasteiger partial charge in [0.1, 0.15) is 0 Å². The first-order valence-corrected chi connectivity index (χ1v) is 12.2. The molecule has 4 aromatic rings. The van der Waals surface area contributed by atoms with Gasteiger partial charge in [0.05, 0.1) is 5.75 Å². The molecule has 0 unspecified atom stereocenters. The molecule has 0 aliphatic rings. The zero-order valence-electron chi connectivity index (χ0n) is 18.1. The average Bonchev–Trinajstić information content (AvgIpc) is 3.23. The lowest BCUT2D eigenvalue weighted by molar-refractivity contribution is -0.113. The minimum Gasteiger partial charge on any atom is -0.325 e. The molecule has 8 heteroatoms. The van der Waals surface area contributed by atoms with E-state index < -0.39 is 0 Å². The van der Waals surface area contributed by atoms with E-state index in [1.807, 2.05) is 77.4 Å². The number of carbonyl (C=O) groups is 1. The number of thioether (sulfide) groups is 1. The van der Waals surface area contributed by atoms with E-state index >= 15 is 0 Å². The molecule has 168 valence electrons. The molecule has 1 amide bonds. The van der Waals surface area contributed by atoms with Crippen LogP contribution in [0.5, 0.6) is 0 Å². The van der Waals surface area contributed by atoms with E-state index in [0.717, 1.165) is 22.5 Å². The summed E-state index contributed by atoms with van der Waals surface area (Å²) in [7, 11) is 0. The maximum Gasteiger partial charge on any atom is 0.234 e. The second-order valence-corrected chi connectivity index (χ2v) is 9.52. The molecule has 33 heavy (non-hydrogen) atoms. The molecule has 0 aliphatic heterocycles. The molecule has 4 rings (SSSR count). The van der Waals surface area contributed by atoms with Crippen molar-refractivity contribution in [2.45, 2.75) is 24.9 Å². The topological polar surface area (TPSA) is 59.8 Å². The molecule has 1 aromatic heterocycles. The SMILES string of the molecule is CC(C)c1ccccc1NC(=O)CSc1nnc(-c2ccc(Cl)cc2)n1-c1ccc(Cl)cc1. The lowest BCUT2D eigenvalue weighted by Gasteiger charge is -2.14. The number of nitrogens with zero attached hydrogens (tertiary/aromatic N) is 3. The number of rotatable bonds is 7. The largest absolute Gasteiger partial charge is 0.325 e. The Balaban J connectivity index is 1.59. The Labute approximate surface area is 207 Å². The van der Waals surface area contributed by atoms with Gasteiger partial charge < -0.3 is 5.32 Å². The summed E-state index contributed by atoms with van der Waals surface area (Å²) >= 11 is 13.5. The van der Waals surface area contributed by atoms with E-state index in [0.29, 0.717) is 26.9 Å². The summed E-state index contributed by atoms with van der Waals surface area (Å²) in [6, 6.07) is 22.7. The maximum atomic E-state index is 12.7. The molecular weight excluding hydrogens is 475 g/mol. The molecular formula is C25H22Cl2N4OS. The smallest absolute Gasteiger partial charge is 0.234 e. The summed E-state index contributed by atoms with van der Waals surface area (Å²) in [5.41, 5.74) is 3.65. The van der Waals surface area contributed by atoms with Crippen molar-refractivity contribution in [3.05, 3.63) is 88.4 Å². The molecule has 0 saturated heterocycles. The molecule has 5 nitrogen and oxygen atoms in total. The average molecular weight is 497 g/mol. The van der Waals surface area contributed by atoms with Crippen molar-refractivity contribution in [2.24, 2.45) is 0 Å². The molecule has 0 saturated carbocycles. The molecule has 0 bridgehead atoms. The van der Waals surface area contributed by atoms with Crippen molar-refractivity contribution < 1.29 is 4.79 Å². The summed E-state index contributed by atoms with van der Waals surface area (Å²) in [4.78, 5) is 12.7. The van der Waals surface area contributed by atoms with Crippen LogP contribution in [0.3, 0.4) is 0 Å². The lowest BCUT2D eigenvalue weighted by atomic mass is 10.0. The van der Waals surface area contributed by atoms with Gasteiger partial charge in [-0.25, -0.2) is 0 Å². The van der Waals surface area contributed by atoms with Crippen LogP contribution in [0.2, 0.25) is 10.0 Å². The minimum atomic E-state index is -0.105. The van der Waals surface area contributed by atoms with Gasteiger partial charge in [-0.2, -0.15) is 0 Å². The lowest BCUT2D eigenvalue weighted by Crippen LogP contribution is -2.16. The number of anilines is 1.